The molecule has 2 aromatic rings. The van der Waals surface area contributed by atoms with Crippen LogP contribution in [-0.2, 0) is 16.1 Å². The zero-order valence-corrected chi connectivity index (χ0v) is 21.4. The van der Waals surface area contributed by atoms with Gasteiger partial charge in [-0.15, -0.1) is 0 Å². The second-order valence-corrected chi connectivity index (χ2v) is 12.9. The van der Waals surface area contributed by atoms with Gasteiger partial charge in [0, 0.05) is 66.0 Å². The van der Waals surface area contributed by atoms with Crippen molar-refractivity contribution in [1.29, 1.82) is 0 Å². The number of nitrogens with zero attached hydrogens (tertiary/aromatic N) is 5. The molecule has 0 bridgehead atoms. The molecular formula is C25H35N5O3S. The number of hydrogen-bond acceptors (Lipinski definition) is 7. The van der Waals surface area contributed by atoms with Crippen molar-refractivity contribution in [3.8, 4) is 5.75 Å². The lowest BCUT2D eigenvalue weighted by Crippen LogP contribution is -2.46. The lowest BCUT2D eigenvalue weighted by molar-refractivity contribution is 0.0347. The van der Waals surface area contributed by atoms with Crippen LogP contribution in [0.3, 0.4) is 0 Å². The molecule has 5 heterocycles. The summed E-state index contributed by atoms with van der Waals surface area (Å²) in [6.07, 6.45) is 9.50. The summed E-state index contributed by atoms with van der Waals surface area (Å²) in [4.78, 5) is 11.5. The summed E-state index contributed by atoms with van der Waals surface area (Å²) in [7, 11) is -2.16. The van der Waals surface area contributed by atoms with Gasteiger partial charge in [0.15, 0.2) is 0 Å². The maximum Gasteiger partial charge on any atom is 0.266 e. The molecule has 2 atom stereocenters. The van der Waals surface area contributed by atoms with E-state index >= 15 is 0 Å². The summed E-state index contributed by atoms with van der Waals surface area (Å²) in [5.41, 5.74) is 3.22. The minimum absolute atomic E-state index is 0.228. The quantitative estimate of drug-likeness (QED) is 0.599. The largest absolute Gasteiger partial charge is 0.485 e. The molecule has 0 N–H and O–H groups in total. The second-order valence-electron chi connectivity index (χ2n) is 10.4. The molecule has 34 heavy (non-hydrogen) atoms. The van der Waals surface area contributed by atoms with Crippen molar-refractivity contribution in [2.24, 2.45) is 5.92 Å². The van der Waals surface area contributed by atoms with Gasteiger partial charge in [0.25, 0.3) is 5.95 Å². The summed E-state index contributed by atoms with van der Waals surface area (Å²) in [6, 6.07) is 2.19. The van der Waals surface area contributed by atoms with Gasteiger partial charge in [0.1, 0.15) is 11.4 Å². The van der Waals surface area contributed by atoms with Crippen molar-refractivity contribution in [2.75, 3.05) is 37.3 Å². The van der Waals surface area contributed by atoms with Crippen LogP contribution in [0.5, 0.6) is 5.75 Å². The van der Waals surface area contributed by atoms with Gasteiger partial charge >= 0.3 is 0 Å². The normalized spacial score (nSPS) is 25.7. The van der Waals surface area contributed by atoms with E-state index in [1.165, 1.54) is 11.1 Å². The fourth-order valence-corrected chi connectivity index (χ4v) is 6.16. The Balaban J connectivity index is 1.24. The van der Waals surface area contributed by atoms with E-state index in [1.54, 1.807) is 6.26 Å². The first-order valence-corrected chi connectivity index (χ1v) is 14.2. The third-order valence-electron chi connectivity index (χ3n) is 7.45. The van der Waals surface area contributed by atoms with Gasteiger partial charge in [0.2, 0.25) is 5.89 Å². The van der Waals surface area contributed by atoms with Gasteiger partial charge < -0.3 is 14.2 Å². The topological polar surface area (TPSA) is 84.6 Å². The van der Waals surface area contributed by atoms with Crippen molar-refractivity contribution < 1.29 is 13.5 Å². The third-order valence-corrected chi connectivity index (χ3v) is 8.87. The number of piperidine rings is 1. The van der Waals surface area contributed by atoms with Gasteiger partial charge in [-0.3, -0.25) is 9.19 Å². The third kappa shape index (κ3) is 4.47. The van der Waals surface area contributed by atoms with Gasteiger partial charge in [0.05, 0.1) is 11.9 Å². The molecule has 184 valence electrons. The average Bonchev–Trinajstić information content (AvgIpc) is 3.43. The van der Waals surface area contributed by atoms with Crippen LogP contribution in [0.25, 0.3) is 5.57 Å². The number of fused-ring (bicyclic) bond motifs is 1. The Morgan fingerprint density at radius 3 is 2.65 bits per heavy atom. The lowest BCUT2D eigenvalue weighted by Gasteiger charge is -2.39. The molecule has 3 aliphatic heterocycles. The van der Waals surface area contributed by atoms with E-state index in [-0.39, 0.29) is 11.5 Å². The number of aromatic nitrogens is 3. The highest BCUT2D eigenvalue weighted by Gasteiger charge is 2.43. The molecule has 2 aromatic heterocycles. The molecule has 0 saturated carbocycles. The Bertz CT molecular complexity index is 1200. The van der Waals surface area contributed by atoms with Gasteiger partial charge in [-0.25, -0.2) is 4.31 Å². The van der Waals surface area contributed by atoms with Crippen molar-refractivity contribution in [1.82, 2.24) is 19.4 Å². The van der Waals surface area contributed by atoms with E-state index in [2.05, 4.69) is 53.8 Å². The van der Waals surface area contributed by atoms with Crippen molar-refractivity contribution in [3.63, 3.8) is 0 Å². The highest BCUT2D eigenvalue weighted by atomic mass is 32.2. The molecule has 1 saturated heterocycles. The molecule has 1 unspecified atom stereocenters. The van der Waals surface area contributed by atoms with Crippen molar-refractivity contribution >= 4 is 27.1 Å². The molecule has 0 amide bonds. The monoisotopic (exact) mass is 485 g/mol. The van der Waals surface area contributed by atoms with E-state index in [0.29, 0.717) is 24.3 Å². The van der Waals surface area contributed by atoms with Crippen LogP contribution in [0.1, 0.15) is 63.1 Å². The van der Waals surface area contributed by atoms with Crippen LogP contribution >= 0.6 is 0 Å². The summed E-state index contributed by atoms with van der Waals surface area (Å²) >= 11 is 0. The van der Waals surface area contributed by atoms with E-state index < -0.39 is 9.71 Å². The smallest absolute Gasteiger partial charge is 0.266 e. The van der Waals surface area contributed by atoms with Crippen LogP contribution in [0.2, 0.25) is 0 Å². The highest BCUT2D eigenvalue weighted by Crippen LogP contribution is 2.43. The van der Waals surface area contributed by atoms with E-state index in [0.717, 1.165) is 56.8 Å². The standard InChI is InChI=1S/C25H35N5O3S/c1-17(2)23-27-24(28-33-23)29-10-8-20(9-11-29)25(3)15-19-14-21(26-16-22(19)32-25)18-6-12-30(13-7-18)34(4,5)31/h6,14,16-17,20H,4,7-13,15H2,1-3,5H3/t25-,34?/m0/s1. The number of anilines is 1. The molecule has 0 aliphatic carbocycles. The Hall–Kier alpha value is -2.39. The molecule has 0 radical (unpaired) electrons. The number of hydrogen-bond donors (Lipinski definition) is 0. The lowest BCUT2D eigenvalue weighted by atomic mass is 9.79. The molecule has 0 spiro atoms. The van der Waals surface area contributed by atoms with Crippen LogP contribution < -0.4 is 9.64 Å². The van der Waals surface area contributed by atoms with E-state index in [1.807, 2.05) is 10.5 Å². The number of ether oxygens (including phenoxy) is 1. The molecule has 3 aliphatic rings. The zero-order valence-electron chi connectivity index (χ0n) is 20.6. The fraction of sp³-hybridized carbons (Fsp3) is 0.600. The maximum atomic E-state index is 12.2. The molecule has 1 fully saturated rings. The van der Waals surface area contributed by atoms with Gasteiger partial charge in [-0.05, 0) is 48.9 Å². The summed E-state index contributed by atoms with van der Waals surface area (Å²) in [5.74, 6) is 6.79. The predicted octanol–water partition coefficient (Wildman–Crippen LogP) is 3.55. The summed E-state index contributed by atoms with van der Waals surface area (Å²) in [6.45, 7) is 9.56. The fourth-order valence-electron chi connectivity index (χ4n) is 5.30. The predicted molar refractivity (Wildman–Crippen MR) is 136 cm³/mol. The Kier molecular flexibility index (Phi) is 5.96. The molecule has 5 rings (SSSR count). The molecule has 9 heteroatoms. The SMILES string of the molecule is C=S(C)(=O)N1CC=C(c2cc3c(cn2)O[C@](C)(C2CCN(c4noc(C(C)C)n4)CC2)C3)CC1. The van der Waals surface area contributed by atoms with Gasteiger partial charge in [-0.2, -0.15) is 4.98 Å². The summed E-state index contributed by atoms with van der Waals surface area (Å²) in [5, 5.41) is 4.18. The Morgan fingerprint density at radius 2 is 2.03 bits per heavy atom. The van der Waals surface area contributed by atoms with Crippen LogP contribution in [0.4, 0.5) is 5.95 Å². The van der Waals surface area contributed by atoms with Crippen LogP contribution in [0.15, 0.2) is 22.9 Å². The van der Waals surface area contributed by atoms with Crippen LogP contribution in [0, 0.1) is 5.92 Å². The summed E-state index contributed by atoms with van der Waals surface area (Å²) < 4.78 is 26.1. The molecule has 0 aromatic carbocycles. The Labute approximate surface area is 202 Å². The minimum Gasteiger partial charge on any atom is -0.485 e. The van der Waals surface area contributed by atoms with Crippen molar-refractivity contribution in [2.45, 2.75) is 58.0 Å². The molecular weight excluding hydrogens is 450 g/mol. The van der Waals surface area contributed by atoms with Gasteiger partial charge in [-0.1, -0.05) is 19.9 Å². The average molecular weight is 486 g/mol. The van der Waals surface area contributed by atoms with E-state index in [9.17, 15) is 4.21 Å². The first-order chi connectivity index (χ1) is 16.1. The first kappa shape index (κ1) is 23.4. The van der Waals surface area contributed by atoms with E-state index in [4.69, 9.17) is 14.2 Å². The van der Waals surface area contributed by atoms with Crippen molar-refractivity contribution in [3.05, 3.63) is 35.5 Å². The van der Waals surface area contributed by atoms with Crippen LogP contribution in [-0.4, -0.2) is 67.5 Å². The maximum absolute atomic E-state index is 12.2. The molecule has 8 nitrogen and oxygen atoms in total. The minimum atomic E-state index is -2.16. The Morgan fingerprint density at radius 1 is 1.26 bits per heavy atom. The second kappa shape index (κ2) is 8.68. The highest BCUT2D eigenvalue weighted by molar-refractivity contribution is 7.97. The number of pyridine rings is 1. The first-order valence-electron chi connectivity index (χ1n) is 12.2. The number of rotatable bonds is 5. The zero-order chi connectivity index (χ0) is 24.1.